The van der Waals surface area contributed by atoms with Gasteiger partial charge in [0.05, 0.1) is 23.8 Å². The molecule has 0 saturated carbocycles. The molecule has 1 aliphatic heterocycles. The molecule has 2 aromatic heterocycles. The van der Waals surface area contributed by atoms with Crippen LogP contribution >= 0.6 is 0 Å². The van der Waals surface area contributed by atoms with Crippen LogP contribution in [0, 0.1) is 0 Å². The molecule has 0 aromatic carbocycles. The molecule has 35 heavy (non-hydrogen) atoms. The Morgan fingerprint density at radius 1 is 1.20 bits per heavy atom. The summed E-state index contributed by atoms with van der Waals surface area (Å²) in [5.74, 6) is -1.60. The minimum atomic E-state index is -4.90. The van der Waals surface area contributed by atoms with E-state index in [1.807, 2.05) is 0 Å². The van der Waals surface area contributed by atoms with Crippen LogP contribution in [-0.2, 0) is 20.9 Å². The number of sulfonamides is 1. The van der Waals surface area contributed by atoms with Crippen LogP contribution in [0.15, 0.2) is 35.6 Å². The van der Waals surface area contributed by atoms with Crippen molar-refractivity contribution < 1.29 is 44.3 Å². The van der Waals surface area contributed by atoms with E-state index in [0.717, 1.165) is 23.2 Å². The number of pyridine rings is 2. The summed E-state index contributed by atoms with van der Waals surface area (Å²) in [7, 11) is -4.26. The summed E-state index contributed by atoms with van der Waals surface area (Å²) >= 11 is 0. The maximum absolute atomic E-state index is 13.4. The second-order valence-corrected chi connectivity index (χ2v) is 9.08. The molecule has 192 valence electrons. The number of aromatic nitrogens is 2. The molecule has 3 heterocycles. The number of halogens is 6. The third kappa shape index (κ3) is 6.37. The van der Waals surface area contributed by atoms with Gasteiger partial charge in [0.25, 0.3) is 15.9 Å². The van der Waals surface area contributed by atoms with Crippen molar-refractivity contribution in [1.29, 1.82) is 0 Å². The lowest BCUT2D eigenvalue weighted by atomic mass is 10.1. The van der Waals surface area contributed by atoms with Crippen molar-refractivity contribution in [1.82, 2.24) is 9.97 Å². The van der Waals surface area contributed by atoms with Crippen molar-refractivity contribution in [2.75, 3.05) is 23.3 Å². The van der Waals surface area contributed by atoms with E-state index in [1.54, 1.807) is 6.92 Å². The number of ether oxygens (including phenoxy) is 1. The molecule has 16 heteroatoms. The smallest absolute Gasteiger partial charge is 0.362 e. The Hall–Kier alpha value is -2.98. The van der Waals surface area contributed by atoms with Gasteiger partial charge in [0.2, 0.25) is 0 Å². The van der Waals surface area contributed by atoms with Crippen molar-refractivity contribution >= 4 is 27.4 Å². The average molecular weight is 527 g/mol. The van der Waals surface area contributed by atoms with E-state index in [9.17, 15) is 39.6 Å². The van der Waals surface area contributed by atoms with E-state index >= 15 is 0 Å². The summed E-state index contributed by atoms with van der Waals surface area (Å²) in [5, 5.41) is 6.57. The molecule has 3 N–H and O–H groups in total. The third-order valence-electron chi connectivity index (χ3n) is 5.01. The largest absolute Gasteiger partial charge is 0.417 e. The number of anilines is 2. The summed E-state index contributed by atoms with van der Waals surface area (Å²) in [5.41, 5.74) is -2.16. The van der Waals surface area contributed by atoms with Crippen LogP contribution in [0.1, 0.15) is 29.3 Å². The fraction of sp³-hybridized carbons (Fsp3) is 0.421. The Balaban J connectivity index is 2.03. The standard InChI is InChI=1S/C19H19F6N5O4S/c1-2-12-8-30(9-14(34-12)19(23,24)25)16-13(5-10(7-28-16)18(20,21)22)17(31)29-11-3-4-27-15(6-11)35(26,32)33/h3-7,12,14H,2,8-9H2,1H3,(H2,26,32,33)(H,27,29,31)/t12-,14+/m0/s1. The van der Waals surface area contributed by atoms with Crippen LogP contribution in [0.5, 0.6) is 0 Å². The number of hydrogen-bond acceptors (Lipinski definition) is 7. The van der Waals surface area contributed by atoms with E-state index in [0.29, 0.717) is 12.3 Å². The van der Waals surface area contributed by atoms with Crippen molar-refractivity contribution in [3.8, 4) is 0 Å². The van der Waals surface area contributed by atoms with E-state index < -0.39 is 69.0 Å². The molecule has 9 nitrogen and oxygen atoms in total. The lowest BCUT2D eigenvalue weighted by molar-refractivity contribution is -0.235. The number of nitrogens with zero attached hydrogens (tertiary/aromatic N) is 3. The van der Waals surface area contributed by atoms with Gasteiger partial charge in [-0.05, 0) is 18.6 Å². The molecule has 0 radical (unpaired) electrons. The van der Waals surface area contributed by atoms with Gasteiger partial charge >= 0.3 is 12.4 Å². The molecule has 1 fully saturated rings. The van der Waals surface area contributed by atoms with E-state index in [1.165, 1.54) is 0 Å². The van der Waals surface area contributed by atoms with E-state index in [2.05, 4.69) is 15.3 Å². The Morgan fingerprint density at radius 2 is 1.89 bits per heavy atom. The highest BCUT2D eigenvalue weighted by molar-refractivity contribution is 7.89. The summed E-state index contributed by atoms with van der Waals surface area (Å²) in [6.07, 6.45) is -11.3. The van der Waals surface area contributed by atoms with Gasteiger partial charge in [0.1, 0.15) is 5.82 Å². The molecule has 3 rings (SSSR count). The molecule has 0 aliphatic carbocycles. The van der Waals surface area contributed by atoms with Gasteiger partial charge in [-0.3, -0.25) is 4.79 Å². The van der Waals surface area contributed by atoms with E-state index in [4.69, 9.17) is 9.88 Å². The summed E-state index contributed by atoms with van der Waals surface area (Å²) in [4.78, 5) is 21.2. The van der Waals surface area contributed by atoms with Crippen LogP contribution in [0.2, 0.25) is 0 Å². The quantitative estimate of drug-likeness (QED) is 0.573. The number of carbonyl (C=O) groups excluding carboxylic acids is 1. The topological polar surface area (TPSA) is 128 Å². The number of nitrogens with two attached hydrogens (primary N) is 1. The zero-order chi connectivity index (χ0) is 26.2. The molecule has 2 aromatic rings. The fourth-order valence-corrected chi connectivity index (χ4v) is 3.79. The Labute approximate surface area is 195 Å². The first-order chi connectivity index (χ1) is 16.1. The number of amides is 1. The van der Waals surface area contributed by atoms with Crippen LogP contribution in [0.4, 0.5) is 37.8 Å². The normalized spacial score (nSPS) is 19.5. The molecule has 1 amide bonds. The highest BCUT2D eigenvalue weighted by atomic mass is 32.2. The maximum atomic E-state index is 13.4. The molecule has 2 atom stereocenters. The van der Waals surface area contributed by atoms with Gasteiger partial charge in [0.15, 0.2) is 11.1 Å². The van der Waals surface area contributed by atoms with Crippen LogP contribution < -0.4 is 15.4 Å². The molecule has 0 spiro atoms. The molecule has 0 bridgehead atoms. The Morgan fingerprint density at radius 3 is 2.46 bits per heavy atom. The predicted octanol–water partition coefficient (Wildman–Crippen LogP) is 2.94. The van der Waals surface area contributed by atoms with Gasteiger partial charge in [-0.1, -0.05) is 6.92 Å². The van der Waals surface area contributed by atoms with Gasteiger partial charge < -0.3 is 15.0 Å². The van der Waals surface area contributed by atoms with Crippen LogP contribution in [0.3, 0.4) is 0 Å². The predicted molar refractivity (Wildman–Crippen MR) is 110 cm³/mol. The zero-order valence-corrected chi connectivity index (χ0v) is 18.7. The number of nitrogens with one attached hydrogen (secondary N) is 1. The maximum Gasteiger partial charge on any atom is 0.417 e. The van der Waals surface area contributed by atoms with Gasteiger partial charge in [-0.25, -0.2) is 23.5 Å². The van der Waals surface area contributed by atoms with Crippen molar-refractivity contribution in [3.63, 3.8) is 0 Å². The molecular formula is C19H19F6N5O4S. The Bertz CT molecular complexity index is 1200. The number of carbonyl (C=O) groups is 1. The summed E-state index contributed by atoms with van der Waals surface area (Å²) in [6, 6.07) is 2.47. The van der Waals surface area contributed by atoms with Crippen LogP contribution in [-0.4, -0.2) is 55.8 Å². The monoisotopic (exact) mass is 527 g/mol. The van der Waals surface area contributed by atoms with Gasteiger partial charge in [0, 0.05) is 30.7 Å². The highest BCUT2D eigenvalue weighted by Gasteiger charge is 2.46. The van der Waals surface area contributed by atoms with E-state index in [-0.39, 0.29) is 18.7 Å². The number of alkyl halides is 6. The van der Waals surface area contributed by atoms with Crippen LogP contribution in [0.25, 0.3) is 0 Å². The summed E-state index contributed by atoms with van der Waals surface area (Å²) < 4.78 is 108. The lowest BCUT2D eigenvalue weighted by Gasteiger charge is -2.39. The van der Waals surface area contributed by atoms with Gasteiger partial charge in [-0.15, -0.1) is 0 Å². The second kappa shape index (κ2) is 9.58. The number of hydrogen-bond donors (Lipinski definition) is 2. The molecule has 1 saturated heterocycles. The Kier molecular flexibility index (Phi) is 7.29. The highest BCUT2D eigenvalue weighted by Crippen LogP contribution is 2.35. The minimum absolute atomic E-state index is 0.160. The van der Waals surface area contributed by atoms with Crippen molar-refractivity contribution in [2.24, 2.45) is 5.14 Å². The van der Waals surface area contributed by atoms with Crippen molar-refractivity contribution in [3.05, 3.63) is 41.7 Å². The first kappa shape index (κ1) is 26.6. The third-order valence-corrected chi connectivity index (χ3v) is 5.82. The lowest BCUT2D eigenvalue weighted by Crippen LogP contribution is -2.53. The van der Waals surface area contributed by atoms with Gasteiger partial charge in [-0.2, -0.15) is 26.3 Å². The molecule has 0 unspecified atom stereocenters. The summed E-state index contributed by atoms with van der Waals surface area (Å²) in [6.45, 7) is 0.609. The fourth-order valence-electron chi connectivity index (χ4n) is 3.29. The SMILES string of the molecule is CC[C@H]1CN(c2ncc(C(F)(F)F)cc2C(=O)Nc2ccnc(S(N)(=O)=O)c2)C[C@H](C(F)(F)F)O1. The minimum Gasteiger partial charge on any atom is -0.362 e. The first-order valence-corrected chi connectivity index (χ1v) is 11.5. The zero-order valence-electron chi connectivity index (χ0n) is 17.9. The first-order valence-electron chi connectivity index (χ1n) is 9.94. The number of morpholine rings is 1. The average Bonchev–Trinajstić information content (AvgIpc) is 2.76. The molecular weight excluding hydrogens is 508 g/mol. The molecule has 1 aliphatic rings. The second-order valence-electron chi connectivity index (χ2n) is 7.58. The van der Waals surface area contributed by atoms with Crippen molar-refractivity contribution in [2.45, 2.75) is 42.9 Å². The number of rotatable bonds is 5. The number of primary sulfonamides is 1.